The maximum atomic E-state index is 5.30. The third-order valence-corrected chi connectivity index (χ3v) is 1.68. The van der Waals surface area contributed by atoms with Gasteiger partial charge in [0.1, 0.15) is 0 Å². The summed E-state index contributed by atoms with van der Waals surface area (Å²) in [7, 11) is 0. The minimum Gasteiger partial charge on any atom is -0.317 e. The van der Waals surface area contributed by atoms with Crippen LogP contribution in [0.2, 0.25) is 0 Å². The zero-order valence-electron chi connectivity index (χ0n) is 3.22. The van der Waals surface area contributed by atoms with Crippen LogP contribution in [0.3, 0.4) is 0 Å². The first-order valence-electron chi connectivity index (χ1n) is 1.72. The lowest BCUT2D eigenvalue weighted by Crippen LogP contribution is -2.28. The number of hydrogen-bond acceptors (Lipinski definition) is 4. The quantitative estimate of drug-likeness (QED) is 0.223. The number of hydrogen-bond donors (Lipinski definition) is 3. The normalized spacial score (nSPS) is 43.0. The van der Waals surface area contributed by atoms with Crippen molar-refractivity contribution in [3.05, 3.63) is 0 Å². The lowest BCUT2D eigenvalue weighted by molar-refractivity contribution is 0.726. The Hall–Kier alpha value is 0.230. The van der Waals surface area contributed by atoms with Crippen molar-refractivity contribution in [3.8, 4) is 0 Å². The van der Waals surface area contributed by atoms with E-state index in [1.807, 2.05) is 0 Å². The van der Waals surface area contributed by atoms with Crippen LogP contribution in [-0.2, 0) is 0 Å². The van der Waals surface area contributed by atoms with Crippen LogP contribution in [0.1, 0.15) is 0 Å². The van der Waals surface area contributed by atoms with Gasteiger partial charge in [0.25, 0.3) is 0 Å². The first-order valence-corrected chi connectivity index (χ1v) is 2.66. The molecule has 0 radical (unpaired) electrons. The third kappa shape index (κ3) is 0.652. The van der Waals surface area contributed by atoms with E-state index in [0.29, 0.717) is 5.37 Å². The molecule has 0 aromatic carbocycles. The van der Waals surface area contributed by atoms with E-state index in [1.54, 1.807) is 11.8 Å². The highest BCUT2D eigenvalue weighted by Crippen LogP contribution is 2.32. The minimum atomic E-state index is 0.245. The van der Waals surface area contributed by atoms with Crippen LogP contribution in [0.15, 0.2) is 0 Å². The van der Waals surface area contributed by atoms with Gasteiger partial charge in [-0.2, -0.15) is 0 Å². The highest BCUT2D eigenvalue weighted by Gasteiger charge is 2.33. The van der Waals surface area contributed by atoms with E-state index in [9.17, 15) is 0 Å². The molecule has 0 spiro atoms. The van der Waals surface area contributed by atoms with E-state index in [-0.39, 0.29) is 5.37 Å². The molecule has 36 valence electrons. The summed E-state index contributed by atoms with van der Waals surface area (Å²) >= 11 is 1.63. The van der Waals surface area contributed by atoms with Gasteiger partial charge in [0.2, 0.25) is 0 Å². The van der Waals surface area contributed by atoms with E-state index >= 15 is 0 Å². The fourth-order valence-electron chi connectivity index (χ4n) is 0.258. The van der Waals surface area contributed by atoms with Crippen molar-refractivity contribution in [1.82, 2.24) is 5.43 Å². The molecule has 6 heavy (non-hydrogen) atoms. The van der Waals surface area contributed by atoms with Gasteiger partial charge in [-0.1, -0.05) is 0 Å². The lowest BCUT2D eigenvalue weighted by atomic mass is 10.7. The monoisotopic (exact) mass is 105 g/mol. The molecule has 1 aliphatic rings. The Morgan fingerprint density at radius 1 is 1.67 bits per heavy atom. The Kier molecular flexibility index (Phi) is 1.01. The van der Waals surface area contributed by atoms with Crippen molar-refractivity contribution >= 4 is 11.8 Å². The Balaban J connectivity index is 2.09. The van der Waals surface area contributed by atoms with Crippen LogP contribution in [0, 0.1) is 0 Å². The van der Waals surface area contributed by atoms with Gasteiger partial charge in [-0.25, -0.2) is 5.43 Å². The summed E-state index contributed by atoms with van der Waals surface area (Å²) in [6, 6.07) is 0. The maximum absolute atomic E-state index is 5.30. The number of nitrogens with one attached hydrogen (secondary N) is 1. The summed E-state index contributed by atoms with van der Waals surface area (Å²) in [6.07, 6.45) is 0. The average molecular weight is 105 g/mol. The van der Waals surface area contributed by atoms with E-state index in [2.05, 4.69) is 5.43 Å². The molecule has 1 fully saturated rings. The van der Waals surface area contributed by atoms with Crippen molar-refractivity contribution in [1.29, 1.82) is 0 Å². The molecule has 0 aromatic rings. The second-order valence-electron chi connectivity index (χ2n) is 1.19. The van der Waals surface area contributed by atoms with Gasteiger partial charge in [-0.05, 0) is 0 Å². The second kappa shape index (κ2) is 1.38. The van der Waals surface area contributed by atoms with Crippen LogP contribution in [0.25, 0.3) is 0 Å². The molecular weight excluding hydrogens is 98.1 g/mol. The number of nitrogens with two attached hydrogens (primary N) is 2. The zero-order chi connectivity index (χ0) is 4.57. The molecule has 1 aliphatic heterocycles. The van der Waals surface area contributed by atoms with E-state index in [0.717, 1.165) is 0 Å². The predicted molar refractivity (Wildman–Crippen MR) is 26.7 cm³/mol. The summed E-state index contributed by atoms with van der Waals surface area (Å²) in [5.41, 5.74) is 7.82. The lowest BCUT2D eigenvalue weighted by Gasteiger charge is -1.82. The van der Waals surface area contributed by atoms with Gasteiger partial charge in [-0.15, -0.1) is 11.8 Å². The van der Waals surface area contributed by atoms with E-state index in [4.69, 9.17) is 11.6 Å². The van der Waals surface area contributed by atoms with Crippen LogP contribution < -0.4 is 17.0 Å². The Morgan fingerprint density at radius 3 is 2.17 bits per heavy atom. The van der Waals surface area contributed by atoms with Gasteiger partial charge in [-0.3, -0.25) is 5.84 Å². The Morgan fingerprint density at radius 2 is 2.17 bits per heavy atom. The molecule has 1 saturated heterocycles. The highest BCUT2D eigenvalue weighted by atomic mass is 32.2. The first kappa shape index (κ1) is 4.39. The molecule has 0 amide bonds. The van der Waals surface area contributed by atoms with Gasteiger partial charge >= 0.3 is 0 Å². The Labute approximate surface area is 40.4 Å². The SMILES string of the molecule is NNC1SC1N. The smallest absolute Gasteiger partial charge is 0.0924 e. The predicted octanol–water partition coefficient (Wildman–Crippen LogP) is -1.19. The molecule has 2 unspecified atom stereocenters. The fraction of sp³-hybridized carbons (Fsp3) is 1.00. The van der Waals surface area contributed by atoms with Gasteiger partial charge in [0, 0.05) is 0 Å². The molecule has 0 bridgehead atoms. The zero-order valence-corrected chi connectivity index (χ0v) is 4.03. The third-order valence-electron chi connectivity index (χ3n) is 0.690. The average Bonchev–Trinajstić information content (AvgIpc) is 2.19. The first-order chi connectivity index (χ1) is 2.84. The van der Waals surface area contributed by atoms with Crippen LogP contribution in [0.4, 0.5) is 0 Å². The van der Waals surface area contributed by atoms with E-state index in [1.165, 1.54) is 0 Å². The molecule has 0 saturated carbocycles. The molecule has 1 heterocycles. The standard InChI is InChI=1S/C2H7N3S/c3-1-2(5-4)6-1/h1-2,5H,3-4H2. The summed E-state index contributed by atoms with van der Waals surface area (Å²) in [5.74, 6) is 4.97. The molecule has 4 heteroatoms. The van der Waals surface area contributed by atoms with Crippen LogP contribution in [0.5, 0.6) is 0 Å². The second-order valence-corrected chi connectivity index (χ2v) is 2.51. The molecule has 0 aromatic heterocycles. The number of hydrazine groups is 1. The van der Waals surface area contributed by atoms with Crippen molar-refractivity contribution in [2.45, 2.75) is 10.7 Å². The molecule has 0 aliphatic carbocycles. The maximum Gasteiger partial charge on any atom is 0.0924 e. The molecule has 5 N–H and O–H groups in total. The fourth-order valence-corrected chi connectivity index (χ4v) is 0.663. The number of rotatable bonds is 1. The summed E-state index contributed by atoms with van der Waals surface area (Å²) in [4.78, 5) is 0. The summed E-state index contributed by atoms with van der Waals surface area (Å²) in [6.45, 7) is 0. The minimum absolute atomic E-state index is 0.245. The highest BCUT2D eigenvalue weighted by molar-refractivity contribution is 8.07. The Bertz CT molecular complexity index is 54.8. The topological polar surface area (TPSA) is 64.1 Å². The van der Waals surface area contributed by atoms with E-state index < -0.39 is 0 Å². The van der Waals surface area contributed by atoms with Crippen molar-refractivity contribution in [2.24, 2.45) is 11.6 Å². The van der Waals surface area contributed by atoms with Crippen molar-refractivity contribution < 1.29 is 0 Å². The number of thioether (sulfide) groups is 1. The summed E-state index contributed by atoms with van der Waals surface area (Å²) < 4.78 is 0. The van der Waals surface area contributed by atoms with Gasteiger partial charge < -0.3 is 5.73 Å². The van der Waals surface area contributed by atoms with Crippen molar-refractivity contribution in [2.75, 3.05) is 0 Å². The molecule has 3 nitrogen and oxygen atoms in total. The largest absolute Gasteiger partial charge is 0.317 e. The van der Waals surface area contributed by atoms with Gasteiger partial charge in [0.05, 0.1) is 10.7 Å². The van der Waals surface area contributed by atoms with Gasteiger partial charge in [0.15, 0.2) is 0 Å². The van der Waals surface area contributed by atoms with Crippen molar-refractivity contribution in [3.63, 3.8) is 0 Å². The molecule has 2 atom stereocenters. The molecule has 1 rings (SSSR count). The summed E-state index contributed by atoms with van der Waals surface area (Å²) in [5, 5.41) is 0.569. The van der Waals surface area contributed by atoms with Crippen LogP contribution in [-0.4, -0.2) is 10.7 Å². The molecular formula is C2H7N3S. The van der Waals surface area contributed by atoms with Crippen LogP contribution >= 0.6 is 11.8 Å².